The standard InChI is InChI=1S/C11H17N3O2/c1-11(2,7-15)14(3)10(16)8-4-5-9(12)13-6-8/h4-6,15H,7H2,1-3H3,(H2,12,13). The zero-order valence-electron chi connectivity index (χ0n) is 9.77. The molecule has 88 valence electrons. The third-order valence-corrected chi connectivity index (χ3v) is 2.63. The van der Waals surface area contributed by atoms with E-state index in [2.05, 4.69) is 4.98 Å². The molecule has 5 nitrogen and oxygen atoms in total. The summed E-state index contributed by atoms with van der Waals surface area (Å²) in [7, 11) is 1.65. The van der Waals surface area contributed by atoms with Crippen molar-refractivity contribution in [2.24, 2.45) is 0 Å². The minimum atomic E-state index is -0.599. The molecule has 1 aromatic rings. The van der Waals surface area contributed by atoms with Crippen molar-refractivity contribution >= 4 is 11.7 Å². The van der Waals surface area contributed by atoms with Gasteiger partial charge in [0.1, 0.15) is 5.82 Å². The molecular weight excluding hydrogens is 206 g/mol. The number of anilines is 1. The number of hydrogen-bond donors (Lipinski definition) is 2. The van der Waals surface area contributed by atoms with Crippen molar-refractivity contribution in [2.75, 3.05) is 19.4 Å². The fourth-order valence-electron chi connectivity index (χ4n) is 1.11. The summed E-state index contributed by atoms with van der Waals surface area (Å²) in [6, 6.07) is 3.20. The number of carbonyl (C=O) groups excluding carboxylic acids is 1. The highest BCUT2D eigenvalue weighted by molar-refractivity contribution is 5.94. The van der Waals surface area contributed by atoms with Gasteiger partial charge in [-0.2, -0.15) is 0 Å². The van der Waals surface area contributed by atoms with Gasteiger partial charge in [-0.15, -0.1) is 0 Å². The summed E-state index contributed by atoms with van der Waals surface area (Å²) >= 11 is 0. The second-order valence-corrected chi connectivity index (χ2v) is 4.31. The molecule has 5 heteroatoms. The van der Waals surface area contributed by atoms with E-state index < -0.39 is 5.54 Å². The number of hydrogen-bond acceptors (Lipinski definition) is 4. The van der Waals surface area contributed by atoms with E-state index in [9.17, 15) is 9.90 Å². The van der Waals surface area contributed by atoms with Gasteiger partial charge in [0, 0.05) is 13.2 Å². The fourth-order valence-corrected chi connectivity index (χ4v) is 1.11. The van der Waals surface area contributed by atoms with E-state index in [1.54, 1.807) is 33.0 Å². The van der Waals surface area contributed by atoms with E-state index in [1.165, 1.54) is 11.1 Å². The molecule has 3 N–H and O–H groups in total. The minimum Gasteiger partial charge on any atom is -0.394 e. The maximum atomic E-state index is 12.0. The molecule has 1 aromatic heterocycles. The molecule has 0 aromatic carbocycles. The molecule has 0 saturated carbocycles. The average Bonchev–Trinajstić information content (AvgIpc) is 2.28. The summed E-state index contributed by atoms with van der Waals surface area (Å²) in [5, 5.41) is 9.17. The zero-order valence-corrected chi connectivity index (χ0v) is 9.77. The van der Waals surface area contributed by atoms with Crippen molar-refractivity contribution in [1.82, 2.24) is 9.88 Å². The number of rotatable bonds is 3. The van der Waals surface area contributed by atoms with Gasteiger partial charge in [-0.25, -0.2) is 4.98 Å². The molecule has 0 unspecified atom stereocenters. The van der Waals surface area contributed by atoms with Crippen molar-refractivity contribution in [3.8, 4) is 0 Å². The lowest BCUT2D eigenvalue weighted by Gasteiger charge is -2.33. The largest absolute Gasteiger partial charge is 0.394 e. The van der Waals surface area contributed by atoms with Gasteiger partial charge >= 0.3 is 0 Å². The van der Waals surface area contributed by atoms with Crippen molar-refractivity contribution in [2.45, 2.75) is 19.4 Å². The van der Waals surface area contributed by atoms with Crippen molar-refractivity contribution < 1.29 is 9.90 Å². The first-order valence-electron chi connectivity index (χ1n) is 4.99. The summed E-state index contributed by atoms with van der Waals surface area (Å²) in [5.74, 6) is 0.187. The smallest absolute Gasteiger partial charge is 0.255 e. The summed E-state index contributed by atoms with van der Waals surface area (Å²) in [5.41, 5.74) is 5.30. The third-order valence-electron chi connectivity index (χ3n) is 2.63. The molecule has 0 bridgehead atoms. The van der Waals surface area contributed by atoms with Crippen LogP contribution >= 0.6 is 0 Å². The van der Waals surface area contributed by atoms with E-state index in [1.807, 2.05) is 0 Å². The molecule has 0 aliphatic rings. The van der Waals surface area contributed by atoms with E-state index >= 15 is 0 Å². The van der Waals surface area contributed by atoms with Gasteiger partial charge in [0.2, 0.25) is 0 Å². The highest BCUT2D eigenvalue weighted by Crippen LogP contribution is 2.15. The first-order chi connectivity index (χ1) is 7.38. The SMILES string of the molecule is CN(C(=O)c1ccc(N)nc1)C(C)(C)CO. The van der Waals surface area contributed by atoms with E-state index in [-0.39, 0.29) is 12.5 Å². The van der Waals surface area contributed by atoms with Crippen LogP contribution in [0.15, 0.2) is 18.3 Å². The zero-order chi connectivity index (χ0) is 12.3. The van der Waals surface area contributed by atoms with Crippen LogP contribution in [0.2, 0.25) is 0 Å². The number of nitrogens with two attached hydrogens (primary N) is 1. The molecule has 16 heavy (non-hydrogen) atoms. The maximum absolute atomic E-state index is 12.0. The van der Waals surface area contributed by atoms with Gasteiger partial charge in [-0.05, 0) is 26.0 Å². The van der Waals surface area contributed by atoms with Crippen molar-refractivity contribution in [1.29, 1.82) is 0 Å². The van der Waals surface area contributed by atoms with Crippen LogP contribution in [0.5, 0.6) is 0 Å². The maximum Gasteiger partial charge on any atom is 0.255 e. The molecule has 0 spiro atoms. The Morgan fingerprint density at radius 1 is 1.56 bits per heavy atom. The van der Waals surface area contributed by atoms with Crippen molar-refractivity contribution in [3.05, 3.63) is 23.9 Å². The Morgan fingerprint density at radius 2 is 2.19 bits per heavy atom. The molecule has 0 fully saturated rings. The minimum absolute atomic E-state index is 0.0996. The van der Waals surface area contributed by atoms with Crippen molar-refractivity contribution in [3.63, 3.8) is 0 Å². The topological polar surface area (TPSA) is 79.5 Å². The van der Waals surface area contributed by atoms with Gasteiger partial charge in [-0.1, -0.05) is 0 Å². The highest BCUT2D eigenvalue weighted by Gasteiger charge is 2.27. The Hall–Kier alpha value is -1.62. The first kappa shape index (κ1) is 12.4. The fraction of sp³-hybridized carbons (Fsp3) is 0.455. The number of aliphatic hydroxyl groups is 1. The number of aromatic nitrogens is 1. The molecule has 0 aliphatic heterocycles. The molecule has 1 heterocycles. The molecule has 0 atom stereocenters. The van der Waals surface area contributed by atoms with Gasteiger partial charge in [-0.3, -0.25) is 4.79 Å². The Balaban J connectivity index is 2.90. The number of likely N-dealkylation sites (N-methyl/N-ethyl adjacent to an activating group) is 1. The lowest BCUT2D eigenvalue weighted by atomic mass is 10.0. The quantitative estimate of drug-likeness (QED) is 0.782. The second-order valence-electron chi connectivity index (χ2n) is 4.31. The third kappa shape index (κ3) is 2.49. The number of nitrogens with zero attached hydrogens (tertiary/aromatic N) is 2. The second kappa shape index (κ2) is 4.49. The number of pyridine rings is 1. The number of nitrogen functional groups attached to an aromatic ring is 1. The lowest BCUT2D eigenvalue weighted by Crippen LogP contribution is -2.47. The van der Waals surface area contributed by atoms with E-state index in [4.69, 9.17) is 5.73 Å². The van der Waals surface area contributed by atoms with Crippen LogP contribution < -0.4 is 5.73 Å². The molecule has 1 amide bonds. The van der Waals surface area contributed by atoms with Gasteiger partial charge in [0.15, 0.2) is 0 Å². The van der Waals surface area contributed by atoms with Crippen LogP contribution in [0.1, 0.15) is 24.2 Å². The Kier molecular flexibility index (Phi) is 3.49. The highest BCUT2D eigenvalue weighted by atomic mass is 16.3. The predicted octanol–water partition coefficient (Wildman–Crippen LogP) is 0.507. The number of aliphatic hydroxyl groups excluding tert-OH is 1. The Morgan fingerprint density at radius 3 is 2.62 bits per heavy atom. The monoisotopic (exact) mass is 223 g/mol. The van der Waals surface area contributed by atoms with Crippen LogP contribution in [0.4, 0.5) is 5.82 Å². The van der Waals surface area contributed by atoms with Crippen LogP contribution in [-0.2, 0) is 0 Å². The lowest BCUT2D eigenvalue weighted by molar-refractivity contribution is 0.0473. The van der Waals surface area contributed by atoms with Gasteiger partial charge in [0.25, 0.3) is 5.91 Å². The molecule has 0 aliphatic carbocycles. The van der Waals surface area contributed by atoms with Crippen LogP contribution in [0.3, 0.4) is 0 Å². The van der Waals surface area contributed by atoms with Gasteiger partial charge < -0.3 is 15.7 Å². The van der Waals surface area contributed by atoms with Crippen LogP contribution in [0.25, 0.3) is 0 Å². The number of carbonyl (C=O) groups is 1. The first-order valence-corrected chi connectivity index (χ1v) is 4.99. The summed E-state index contributed by atoms with van der Waals surface area (Å²) in [4.78, 5) is 17.3. The summed E-state index contributed by atoms with van der Waals surface area (Å²) < 4.78 is 0. The van der Waals surface area contributed by atoms with Crippen LogP contribution in [-0.4, -0.2) is 40.1 Å². The van der Waals surface area contributed by atoms with Crippen LogP contribution in [0, 0.1) is 0 Å². The predicted molar refractivity (Wildman–Crippen MR) is 61.9 cm³/mol. The Bertz CT molecular complexity index is 373. The molecule has 0 saturated heterocycles. The molecular formula is C11H17N3O2. The summed E-state index contributed by atoms with van der Waals surface area (Å²) in [6.45, 7) is 3.48. The average molecular weight is 223 g/mol. The normalized spacial score (nSPS) is 11.2. The van der Waals surface area contributed by atoms with E-state index in [0.29, 0.717) is 11.4 Å². The summed E-state index contributed by atoms with van der Waals surface area (Å²) in [6.07, 6.45) is 1.43. The Labute approximate surface area is 94.9 Å². The molecule has 1 rings (SSSR count). The molecule has 0 radical (unpaired) electrons. The van der Waals surface area contributed by atoms with E-state index in [0.717, 1.165) is 0 Å². The number of amides is 1. The van der Waals surface area contributed by atoms with Gasteiger partial charge in [0.05, 0.1) is 17.7 Å².